The van der Waals surface area contributed by atoms with E-state index in [1.807, 2.05) is 19.0 Å². The lowest BCUT2D eigenvalue weighted by Gasteiger charge is -2.17. The summed E-state index contributed by atoms with van der Waals surface area (Å²) in [4.78, 5) is 26.3. The summed E-state index contributed by atoms with van der Waals surface area (Å²) in [6.07, 6.45) is 0. The lowest BCUT2D eigenvalue weighted by Crippen LogP contribution is -2.33. The minimum absolute atomic E-state index is 0.217. The zero-order chi connectivity index (χ0) is 18.1. The molecular weight excluding hydrogens is 330 g/mol. The van der Waals surface area contributed by atoms with Gasteiger partial charge in [0.25, 0.3) is 5.91 Å². The average Bonchev–Trinajstić information content (AvgIpc) is 2.62. The zero-order valence-corrected chi connectivity index (χ0v) is 15.2. The van der Waals surface area contributed by atoms with Crippen molar-refractivity contribution in [3.63, 3.8) is 0 Å². The van der Waals surface area contributed by atoms with Gasteiger partial charge in [-0.3, -0.25) is 9.59 Å². The average molecular weight is 353 g/mol. The Morgan fingerprint density at radius 1 is 1.25 bits per heavy atom. The molecule has 1 aromatic rings. The predicted octanol–water partition coefficient (Wildman–Crippen LogP) is 0.681. The molecule has 1 aliphatic rings. The van der Waals surface area contributed by atoms with Crippen molar-refractivity contribution in [3.8, 4) is 0 Å². The number of sulfonamides is 1. The van der Waals surface area contributed by atoms with Crippen LogP contribution in [-0.4, -0.2) is 58.1 Å². The highest BCUT2D eigenvalue weighted by Gasteiger charge is 2.49. The first-order valence-corrected chi connectivity index (χ1v) is 9.26. The van der Waals surface area contributed by atoms with Crippen LogP contribution in [0.2, 0.25) is 0 Å². The van der Waals surface area contributed by atoms with Crippen LogP contribution >= 0.6 is 0 Å². The molecule has 0 saturated carbocycles. The van der Waals surface area contributed by atoms with E-state index >= 15 is 0 Å². The lowest BCUT2D eigenvalue weighted by atomic mass is 9.95. The summed E-state index contributed by atoms with van der Waals surface area (Å²) in [6, 6.07) is 6.01. The molecule has 2 rings (SSSR count). The van der Waals surface area contributed by atoms with E-state index in [4.69, 9.17) is 0 Å². The second kappa shape index (κ2) is 6.52. The number of amides is 2. The van der Waals surface area contributed by atoms with Crippen LogP contribution in [-0.2, 0) is 14.8 Å². The van der Waals surface area contributed by atoms with Crippen molar-refractivity contribution < 1.29 is 18.0 Å². The molecule has 8 heteroatoms. The second-order valence-corrected chi connectivity index (χ2v) is 8.63. The van der Waals surface area contributed by atoms with E-state index in [9.17, 15) is 18.0 Å². The third-order valence-corrected chi connectivity index (χ3v) is 5.81. The summed E-state index contributed by atoms with van der Waals surface area (Å²) in [5.41, 5.74) is -0.266. The van der Waals surface area contributed by atoms with Gasteiger partial charge >= 0.3 is 0 Å². The molecule has 1 N–H and O–H groups in total. The largest absolute Gasteiger partial charge is 0.351 e. The Kier molecular flexibility index (Phi) is 5.00. The summed E-state index contributed by atoms with van der Waals surface area (Å²) in [5, 5.41) is 2.78. The summed E-state index contributed by atoms with van der Waals surface area (Å²) >= 11 is 0. The van der Waals surface area contributed by atoms with Gasteiger partial charge in [0.15, 0.2) is 0 Å². The molecule has 2 amide bonds. The highest BCUT2D eigenvalue weighted by Crippen LogP contribution is 2.35. The molecule has 0 aromatic heterocycles. The van der Waals surface area contributed by atoms with Gasteiger partial charge in [-0.1, -0.05) is 0 Å². The number of nitrogens with zero attached hydrogens (tertiary/aromatic N) is 2. The van der Waals surface area contributed by atoms with Crippen LogP contribution in [0.3, 0.4) is 0 Å². The van der Waals surface area contributed by atoms with Crippen LogP contribution in [0.4, 0.5) is 5.69 Å². The second-order valence-electron chi connectivity index (χ2n) is 6.82. The highest BCUT2D eigenvalue weighted by atomic mass is 32.2. The van der Waals surface area contributed by atoms with E-state index in [0.29, 0.717) is 12.1 Å². The van der Waals surface area contributed by atoms with Gasteiger partial charge in [-0.2, -0.15) is 0 Å². The fourth-order valence-corrected chi connectivity index (χ4v) is 4.61. The smallest absolute Gasteiger partial charge is 0.251 e. The maximum Gasteiger partial charge on any atom is 0.251 e. The topological polar surface area (TPSA) is 86.8 Å². The number of carbonyl (C=O) groups excluding carboxylic acids is 2. The number of hydrogen-bond acceptors (Lipinski definition) is 5. The lowest BCUT2D eigenvalue weighted by molar-refractivity contribution is -0.123. The maximum atomic E-state index is 12.3. The molecule has 0 unspecified atom stereocenters. The standard InChI is InChI=1S/C16H23N3O4S/c1-16(2)11-24(22,23)19(15(16)21)13-7-5-12(6-8-13)14(20)17-9-10-18(3)4/h5-8H,9-11H2,1-4H3,(H,17,20). The van der Waals surface area contributed by atoms with Crippen LogP contribution in [0, 0.1) is 5.41 Å². The monoisotopic (exact) mass is 353 g/mol. The third kappa shape index (κ3) is 3.76. The Hall–Kier alpha value is -1.93. The Morgan fingerprint density at radius 2 is 1.83 bits per heavy atom. The number of likely N-dealkylation sites (N-methyl/N-ethyl adjacent to an activating group) is 1. The predicted molar refractivity (Wildman–Crippen MR) is 92.4 cm³/mol. The summed E-state index contributed by atoms with van der Waals surface area (Å²) < 4.78 is 25.3. The van der Waals surface area contributed by atoms with Gasteiger partial charge in [0, 0.05) is 18.7 Å². The molecule has 1 heterocycles. The molecule has 0 aliphatic carbocycles. The minimum Gasteiger partial charge on any atom is -0.351 e. The van der Waals surface area contributed by atoms with Crippen LogP contribution < -0.4 is 9.62 Å². The van der Waals surface area contributed by atoms with Crippen LogP contribution in [0.15, 0.2) is 24.3 Å². The van der Waals surface area contributed by atoms with Crippen molar-refractivity contribution in [2.75, 3.05) is 37.2 Å². The number of nitrogens with one attached hydrogen (secondary N) is 1. The first-order chi connectivity index (χ1) is 11.0. The fourth-order valence-electron chi connectivity index (χ4n) is 2.50. The van der Waals surface area contributed by atoms with Gasteiger partial charge in [-0.05, 0) is 52.2 Å². The molecule has 1 aliphatic heterocycles. The molecule has 0 bridgehead atoms. The van der Waals surface area contributed by atoms with E-state index in [2.05, 4.69) is 5.32 Å². The number of benzene rings is 1. The number of anilines is 1. The zero-order valence-electron chi connectivity index (χ0n) is 14.4. The molecule has 0 radical (unpaired) electrons. The van der Waals surface area contributed by atoms with Crippen molar-refractivity contribution in [3.05, 3.63) is 29.8 Å². The fraction of sp³-hybridized carbons (Fsp3) is 0.500. The number of carbonyl (C=O) groups is 2. The Bertz CT molecular complexity index is 739. The van der Waals surface area contributed by atoms with Gasteiger partial charge in [-0.15, -0.1) is 0 Å². The van der Waals surface area contributed by atoms with Gasteiger partial charge in [-0.25, -0.2) is 12.7 Å². The van der Waals surface area contributed by atoms with Crippen LogP contribution in [0.1, 0.15) is 24.2 Å². The Morgan fingerprint density at radius 3 is 2.29 bits per heavy atom. The molecule has 1 saturated heterocycles. The van der Waals surface area contributed by atoms with E-state index < -0.39 is 21.3 Å². The van der Waals surface area contributed by atoms with Gasteiger partial charge in [0.1, 0.15) is 0 Å². The van der Waals surface area contributed by atoms with Gasteiger partial charge in [0.05, 0.1) is 16.9 Å². The van der Waals surface area contributed by atoms with E-state index in [1.54, 1.807) is 13.8 Å². The first kappa shape index (κ1) is 18.4. The molecule has 0 spiro atoms. The maximum absolute atomic E-state index is 12.3. The molecule has 0 atom stereocenters. The molecule has 24 heavy (non-hydrogen) atoms. The summed E-state index contributed by atoms with van der Waals surface area (Å²) in [5.74, 6) is -0.906. The minimum atomic E-state index is -3.68. The molecule has 1 fully saturated rings. The Labute approximate surface area is 142 Å². The van der Waals surface area contributed by atoms with Crippen LogP contribution in [0.5, 0.6) is 0 Å². The summed E-state index contributed by atoms with van der Waals surface area (Å²) in [6.45, 7) is 4.46. The first-order valence-electron chi connectivity index (χ1n) is 7.65. The van der Waals surface area contributed by atoms with Crippen molar-refractivity contribution in [1.82, 2.24) is 10.2 Å². The van der Waals surface area contributed by atoms with E-state index in [0.717, 1.165) is 10.8 Å². The van der Waals surface area contributed by atoms with E-state index in [-0.39, 0.29) is 17.3 Å². The van der Waals surface area contributed by atoms with Crippen molar-refractivity contribution in [1.29, 1.82) is 0 Å². The number of hydrogen-bond donors (Lipinski definition) is 1. The van der Waals surface area contributed by atoms with Gasteiger partial charge in [0.2, 0.25) is 15.9 Å². The quantitative estimate of drug-likeness (QED) is 0.841. The Balaban J connectivity index is 2.15. The van der Waals surface area contributed by atoms with Crippen LogP contribution in [0.25, 0.3) is 0 Å². The summed E-state index contributed by atoms with van der Waals surface area (Å²) in [7, 11) is 0.149. The van der Waals surface area contributed by atoms with Crippen molar-refractivity contribution in [2.45, 2.75) is 13.8 Å². The number of rotatable bonds is 5. The normalized spacial score (nSPS) is 18.9. The molecular formula is C16H23N3O4S. The third-order valence-electron chi connectivity index (χ3n) is 3.79. The van der Waals surface area contributed by atoms with Crippen molar-refractivity contribution in [2.24, 2.45) is 5.41 Å². The molecule has 1 aromatic carbocycles. The molecule has 7 nitrogen and oxygen atoms in total. The molecule has 132 valence electrons. The van der Waals surface area contributed by atoms with E-state index in [1.165, 1.54) is 24.3 Å². The van der Waals surface area contributed by atoms with Gasteiger partial charge < -0.3 is 10.2 Å². The SMILES string of the molecule is CN(C)CCNC(=O)c1ccc(N2C(=O)C(C)(C)CS2(=O)=O)cc1. The highest BCUT2D eigenvalue weighted by molar-refractivity contribution is 7.94. The van der Waals surface area contributed by atoms with Crippen molar-refractivity contribution >= 4 is 27.5 Å².